The molecule has 35 heavy (non-hydrogen) atoms. The fourth-order valence-electron chi connectivity index (χ4n) is 3.65. The minimum absolute atomic E-state index is 0.354. The Hall–Kier alpha value is -0.480. The van der Waals surface area contributed by atoms with Gasteiger partial charge >= 0.3 is 15.9 Å². The average Bonchev–Trinajstić information content (AvgIpc) is 2.82. The molecular formula is C27H52O6P2. The van der Waals surface area contributed by atoms with Crippen LogP contribution in [0, 0.1) is 0 Å². The maximum atomic E-state index is 12.6. The first-order valence-electron chi connectivity index (χ1n) is 13.7. The molecule has 8 heteroatoms. The lowest BCUT2D eigenvalue weighted by atomic mass is 10.0. The number of hydrogen-bond donors (Lipinski definition) is 0. The van der Waals surface area contributed by atoms with E-state index in [1.54, 1.807) is 13.8 Å². The van der Waals surface area contributed by atoms with Crippen molar-refractivity contribution in [1.82, 2.24) is 0 Å². The second-order valence-electron chi connectivity index (χ2n) is 8.47. The molecular weight excluding hydrogens is 482 g/mol. The first-order chi connectivity index (χ1) is 16.9. The van der Waals surface area contributed by atoms with Crippen LogP contribution in [0.4, 0.5) is 0 Å². The van der Waals surface area contributed by atoms with E-state index in [0.29, 0.717) is 32.6 Å². The molecule has 0 saturated heterocycles. The van der Waals surface area contributed by atoms with Crippen LogP contribution in [0.1, 0.15) is 110 Å². The molecule has 0 fully saturated rings. The third-order valence-electron chi connectivity index (χ3n) is 5.39. The normalized spacial score (nSPS) is 11.5. The first-order valence-corrected chi connectivity index (χ1v) is 16.6. The molecule has 0 bridgehead atoms. The predicted molar refractivity (Wildman–Crippen MR) is 149 cm³/mol. The third-order valence-corrected chi connectivity index (χ3v) is 8.50. The van der Waals surface area contributed by atoms with Crippen molar-refractivity contribution in [2.45, 2.75) is 111 Å². The number of unbranched alkanes of at least 4 members (excludes halogenated alkanes) is 9. The number of benzene rings is 1. The zero-order valence-electron chi connectivity index (χ0n) is 23.0. The number of rotatable bonds is 21. The second-order valence-corrected chi connectivity index (χ2v) is 11.6. The van der Waals surface area contributed by atoms with Crippen molar-refractivity contribution in [2.24, 2.45) is 0 Å². The summed E-state index contributed by atoms with van der Waals surface area (Å²) in [6, 6.07) is 8.45. The van der Waals surface area contributed by atoms with Crippen LogP contribution in [0.3, 0.4) is 0 Å². The molecule has 0 atom stereocenters. The molecule has 1 rings (SSSR count). The van der Waals surface area contributed by atoms with Gasteiger partial charge in [0, 0.05) is 0 Å². The maximum absolute atomic E-state index is 12.6. The lowest BCUT2D eigenvalue weighted by molar-refractivity contribution is 0.219. The summed E-state index contributed by atoms with van der Waals surface area (Å²) in [6.07, 6.45) is 15.2. The SMILES string of the molecule is CCCCCCCCCCCCc1ccc(CP(=O)(OCC)OCC)cc1.CCO[PH](=O)OCC. The van der Waals surface area contributed by atoms with E-state index in [-0.39, 0.29) is 0 Å². The fraction of sp³-hybridized carbons (Fsp3) is 0.778. The van der Waals surface area contributed by atoms with Crippen molar-refractivity contribution in [3.63, 3.8) is 0 Å². The highest BCUT2D eigenvalue weighted by atomic mass is 31.2. The van der Waals surface area contributed by atoms with E-state index in [2.05, 4.69) is 40.2 Å². The van der Waals surface area contributed by atoms with Crippen LogP contribution in [0.15, 0.2) is 24.3 Å². The Morgan fingerprint density at radius 2 is 1.06 bits per heavy atom. The molecule has 0 radical (unpaired) electrons. The summed E-state index contributed by atoms with van der Waals surface area (Å²) in [5.41, 5.74) is 2.38. The minimum Gasteiger partial charge on any atom is -0.311 e. The smallest absolute Gasteiger partial charge is 0.311 e. The predicted octanol–water partition coefficient (Wildman–Crippen LogP) is 9.37. The summed E-state index contributed by atoms with van der Waals surface area (Å²) < 4.78 is 42.9. The van der Waals surface area contributed by atoms with Gasteiger partial charge in [-0.05, 0) is 51.7 Å². The Morgan fingerprint density at radius 1 is 0.629 bits per heavy atom. The van der Waals surface area contributed by atoms with Gasteiger partial charge in [0.2, 0.25) is 0 Å². The molecule has 0 amide bonds. The highest BCUT2D eigenvalue weighted by molar-refractivity contribution is 7.53. The van der Waals surface area contributed by atoms with E-state index in [9.17, 15) is 9.13 Å². The minimum atomic E-state index is -3.00. The van der Waals surface area contributed by atoms with Gasteiger partial charge in [-0.2, -0.15) is 0 Å². The van der Waals surface area contributed by atoms with Crippen LogP contribution in [0.2, 0.25) is 0 Å². The molecule has 0 aliphatic carbocycles. The van der Waals surface area contributed by atoms with Gasteiger partial charge in [-0.15, -0.1) is 0 Å². The standard InChI is InChI=1S/C23H41O3P.C4H11O3P/c1-4-7-8-9-10-11-12-13-14-15-16-22-17-19-23(20-18-22)21-27(24,25-5-2)26-6-3;1-3-6-8(5)7-4-2/h17-20H,4-16,21H2,1-3H3;8H,3-4H2,1-2H3. The molecule has 0 aromatic heterocycles. The summed E-state index contributed by atoms with van der Waals surface area (Å²) >= 11 is 0. The van der Waals surface area contributed by atoms with Gasteiger partial charge in [0.15, 0.2) is 0 Å². The molecule has 206 valence electrons. The molecule has 0 N–H and O–H groups in total. The highest BCUT2D eigenvalue weighted by Gasteiger charge is 2.23. The molecule has 0 aliphatic rings. The summed E-state index contributed by atoms with van der Waals surface area (Å²) in [5, 5.41) is 0. The lowest BCUT2D eigenvalue weighted by Crippen LogP contribution is -1.99. The van der Waals surface area contributed by atoms with E-state index < -0.39 is 15.9 Å². The van der Waals surface area contributed by atoms with Crippen LogP contribution in [-0.2, 0) is 39.8 Å². The van der Waals surface area contributed by atoms with Crippen molar-refractivity contribution in [3.8, 4) is 0 Å². The topological polar surface area (TPSA) is 71.1 Å². The third kappa shape index (κ3) is 20.3. The molecule has 0 unspecified atom stereocenters. The van der Waals surface area contributed by atoms with Crippen LogP contribution >= 0.6 is 15.9 Å². The van der Waals surface area contributed by atoms with Gasteiger partial charge in [0.25, 0.3) is 0 Å². The Bertz CT molecular complexity index is 648. The van der Waals surface area contributed by atoms with E-state index in [1.165, 1.54) is 69.8 Å². The van der Waals surface area contributed by atoms with Crippen molar-refractivity contribution in [2.75, 3.05) is 26.4 Å². The maximum Gasteiger partial charge on any atom is 0.335 e. The molecule has 6 nitrogen and oxygen atoms in total. The van der Waals surface area contributed by atoms with Gasteiger partial charge in [0.1, 0.15) is 0 Å². The van der Waals surface area contributed by atoms with E-state index in [4.69, 9.17) is 9.05 Å². The van der Waals surface area contributed by atoms with Gasteiger partial charge in [-0.1, -0.05) is 89.0 Å². The Kier molecular flexibility index (Phi) is 23.6. The monoisotopic (exact) mass is 534 g/mol. The molecule has 1 aromatic rings. The van der Waals surface area contributed by atoms with Crippen molar-refractivity contribution in [3.05, 3.63) is 35.4 Å². The van der Waals surface area contributed by atoms with E-state index in [0.717, 1.165) is 12.0 Å². The molecule has 1 aromatic carbocycles. The summed E-state index contributed by atoms with van der Waals surface area (Å²) in [5.74, 6) is 0. The molecule has 0 aliphatic heterocycles. The van der Waals surface area contributed by atoms with Crippen LogP contribution < -0.4 is 0 Å². The number of hydrogen-bond acceptors (Lipinski definition) is 6. The Morgan fingerprint density at radius 3 is 1.49 bits per heavy atom. The Balaban J connectivity index is 0.00000124. The summed E-state index contributed by atoms with van der Waals surface area (Å²) in [6.45, 7) is 11.3. The first kappa shape index (κ1) is 34.5. The van der Waals surface area contributed by atoms with Gasteiger partial charge in [0.05, 0.1) is 32.6 Å². The van der Waals surface area contributed by atoms with E-state index in [1.807, 2.05) is 13.8 Å². The largest absolute Gasteiger partial charge is 0.335 e. The van der Waals surface area contributed by atoms with Crippen molar-refractivity contribution in [1.29, 1.82) is 0 Å². The quantitative estimate of drug-likeness (QED) is 0.116. The van der Waals surface area contributed by atoms with Gasteiger partial charge in [-0.25, -0.2) is 0 Å². The second kappa shape index (κ2) is 23.9. The van der Waals surface area contributed by atoms with Gasteiger partial charge in [-0.3, -0.25) is 9.13 Å². The van der Waals surface area contributed by atoms with Gasteiger partial charge < -0.3 is 18.1 Å². The van der Waals surface area contributed by atoms with E-state index >= 15 is 0 Å². The zero-order chi connectivity index (χ0) is 26.2. The van der Waals surface area contributed by atoms with Crippen LogP contribution in [0.25, 0.3) is 0 Å². The molecule has 0 saturated carbocycles. The fourth-order valence-corrected chi connectivity index (χ4v) is 5.91. The van der Waals surface area contributed by atoms with Crippen molar-refractivity contribution < 1.29 is 27.2 Å². The number of aryl methyl sites for hydroxylation is 1. The Labute approximate surface area is 216 Å². The summed E-state index contributed by atoms with van der Waals surface area (Å²) in [7, 11) is -5.14. The van der Waals surface area contributed by atoms with Crippen LogP contribution in [-0.4, -0.2) is 26.4 Å². The molecule has 0 heterocycles. The van der Waals surface area contributed by atoms with Crippen LogP contribution in [0.5, 0.6) is 0 Å². The highest BCUT2D eigenvalue weighted by Crippen LogP contribution is 2.51. The zero-order valence-corrected chi connectivity index (χ0v) is 24.9. The molecule has 0 spiro atoms. The summed E-state index contributed by atoms with van der Waals surface area (Å²) in [4.78, 5) is 0. The average molecular weight is 535 g/mol. The lowest BCUT2D eigenvalue weighted by Gasteiger charge is -2.17. The van der Waals surface area contributed by atoms with Crippen molar-refractivity contribution >= 4 is 15.9 Å².